The number of nitrogens with one attached hydrogen (secondary N) is 2. The van der Waals surface area contributed by atoms with E-state index in [-0.39, 0.29) is 6.54 Å². The summed E-state index contributed by atoms with van der Waals surface area (Å²) in [5.41, 5.74) is 8.15. The monoisotopic (exact) mass is 240 g/mol. The molecule has 0 saturated carbocycles. The van der Waals surface area contributed by atoms with Crippen molar-refractivity contribution >= 4 is 17.5 Å². The molecule has 94 valence electrons. The van der Waals surface area contributed by atoms with Crippen LogP contribution in [-0.4, -0.2) is 33.6 Å². The number of carbonyl (C=O) groups is 1. The van der Waals surface area contributed by atoms with Gasteiger partial charge in [-0.05, 0) is 6.42 Å². The molecule has 0 saturated heterocycles. The average molecular weight is 240 g/mol. The van der Waals surface area contributed by atoms with Gasteiger partial charge < -0.3 is 21.6 Å². The van der Waals surface area contributed by atoms with E-state index in [0.717, 1.165) is 5.56 Å². The maximum absolute atomic E-state index is 10.7. The fourth-order valence-corrected chi connectivity index (χ4v) is 1.32. The highest BCUT2D eigenvalue weighted by Gasteiger charge is 2.13. The van der Waals surface area contributed by atoms with Crippen LogP contribution in [0.2, 0.25) is 0 Å². The third-order valence-corrected chi connectivity index (χ3v) is 2.23. The number of hydrogen-bond donors (Lipinski definition) is 5. The second kappa shape index (κ2) is 5.97. The van der Waals surface area contributed by atoms with Crippen LogP contribution in [-0.2, 0) is 11.2 Å². The van der Waals surface area contributed by atoms with Gasteiger partial charge >= 0.3 is 0 Å². The number of hydrogen-bond acceptors (Lipinski definition) is 7. The molecule has 1 amide bonds. The highest BCUT2D eigenvalue weighted by Crippen LogP contribution is 2.19. The molecule has 7 N–H and O–H groups in total. The normalized spacial score (nSPS) is 11.9. The first-order chi connectivity index (χ1) is 8.10. The number of aromatic nitrogens is 2. The molecule has 1 aromatic heterocycles. The lowest BCUT2D eigenvalue weighted by molar-refractivity contribution is -0.125. The SMILES string of the molecule is CCc1c(NN)ncnc1NCC(O)C(N)=O. The van der Waals surface area contributed by atoms with Crippen molar-refractivity contribution in [3.05, 3.63) is 11.9 Å². The van der Waals surface area contributed by atoms with Gasteiger partial charge in [-0.1, -0.05) is 6.92 Å². The van der Waals surface area contributed by atoms with Crippen molar-refractivity contribution in [3.63, 3.8) is 0 Å². The minimum atomic E-state index is -1.26. The Bertz CT molecular complexity index is 397. The van der Waals surface area contributed by atoms with Crippen LogP contribution >= 0.6 is 0 Å². The molecule has 0 radical (unpaired) electrons. The van der Waals surface area contributed by atoms with E-state index in [0.29, 0.717) is 18.1 Å². The first-order valence-electron chi connectivity index (χ1n) is 5.11. The van der Waals surface area contributed by atoms with Gasteiger partial charge in [-0.15, -0.1) is 0 Å². The Balaban J connectivity index is 2.80. The molecule has 1 heterocycles. The van der Waals surface area contributed by atoms with Crippen molar-refractivity contribution < 1.29 is 9.90 Å². The highest BCUT2D eigenvalue weighted by atomic mass is 16.3. The predicted molar refractivity (Wildman–Crippen MR) is 62.9 cm³/mol. The number of carbonyl (C=O) groups excluding carboxylic acids is 1. The number of primary amides is 1. The maximum atomic E-state index is 10.7. The number of aliphatic hydroxyl groups excluding tert-OH is 1. The summed E-state index contributed by atoms with van der Waals surface area (Å²) in [4.78, 5) is 18.6. The molecule has 8 heteroatoms. The summed E-state index contributed by atoms with van der Waals surface area (Å²) in [7, 11) is 0. The summed E-state index contributed by atoms with van der Waals surface area (Å²) >= 11 is 0. The highest BCUT2D eigenvalue weighted by molar-refractivity contribution is 5.79. The number of anilines is 2. The molecular weight excluding hydrogens is 224 g/mol. The molecule has 1 unspecified atom stereocenters. The standard InChI is InChI=1S/C9H16N6O2/c1-2-5-8(12-3-6(16)7(10)17)13-4-14-9(5)15-11/h4,6,16H,2-3,11H2,1H3,(H2,10,17)(H2,12,13,14,15). The molecule has 0 bridgehead atoms. The zero-order valence-corrected chi connectivity index (χ0v) is 9.47. The Morgan fingerprint density at radius 3 is 2.71 bits per heavy atom. The maximum Gasteiger partial charge on any atom is 0.248 e. The second-order valence-electron chi connectivity index (χ2n) is 3.35. The zero-order chi connectivity index (χ0) is 12.8. The van der Waals surface area contributed by atoms with Crippen molar-refractivity contribution in [1.29, 1.82) is 0 Å². The van der Waals surface area contributed by atoms with Gasteiger partial charge in [0.1, 0.15) is 24.1 Å². The van der Waals surface area contributed by atoms with Crippen molar-refractivity contribution in [2.45, 2.75) is 19.4 Å². The Morgan fingerprint density at radius 1 is 1.53 bits per heavy atom. The molecule has 0 aliphatic heterocycles. The van der Waals surface area contributed by atoms with Gasteiger partial charge in [-0.3, -0.25) is 4.79 Å². The van der Waals surface area contributed by atoms with Gasteiger partial charge in [-0.25, -0.2) is 15.8 Å². The van der Waals surface area contributed by atoms with E-state index < -0.39 is 12.0 Å². The summed E-state index contributed by atoms with van der Waals surface area (Å²) in [5, 5.41) is 12.1. The minimum absolute atomic E-state index is 0.0106. The first-order valence-corrected chi connectivity index (χ1v) is 5.11. The van der Waals surface area contributed by atoms with E-state index >= 15 is 0 Å². The van der Waals surface area contributed by atoms with E-state index in [9.17, 15) is 9.90 Å². The van der Waals surface area contributed by atoms with E-state index in [4.69, 9.17) is 11.6 Å². The minimum Gasteiger partial charge on any atom is -0.381 e. The van der Waals surface area contributed by atoms with Crippen molar-refractivity contribution in [3.8, 4) is 0 Å². The van der Waals surface area contributed by atoms with Gasteiger partial charge in [0.25, 0.3) is 0 Å². The Labute approximate surface area is 98.4 Å². The molecule has 17 heavy (non-hydrogen) atoms. The number of hydrazine groups is 1. The quantitative estimate of drug-likeness (QED) is 0.304. The van der Waals surface area contributed by atoms with E-state index in [1.165, 1.54) is 6.33 Å². The van der Waals surface area contributed by atoms with E-state index in [2.05, 4.69) is 20.7 Å². The zero-order valence-electron chi connectivity index (χ0n) is 9.47. The molecule has 0 aliphatic rings. The molecule has 0 fully saturated rings. The van der Waals surface area contributed by atoms with Gasteiger partial charge in [-0.2, -0.15) is 0 Å². The van der Waals surface area contributed by atoms with Crippen LogP contribution in [0.5, 0.6) is 0 Å². The number of rotatable bonds is 6. The lowest BCUT2D eigenvalue weighted by Crippen LogP contribution is -2.34. The number of nitrogens with zero attached hydrogens (tertiary/aromatic N) is 2. The Hall–Kier alpha value is -1.93. The summed E-state index contributed by atoms with van der Waals surface area (Å²) < 4.78 is 0. The fraction of sp³-hybridized carbons (Fsp3) is 0.444. The van der Waals surface area contributed by atoms with Gasteiger partial charge in [0.15, 0.2) is 0 Å². The van der Waals surface area contributed by atoms with Crippen LogP contribution in [0, 0.1) is 0 Å². The Morgan fingerprint density at radius 2 is 2.18 bits per heavy atom. The van der Waals surface area contributed by atoms with Gasteiger partial charge in [0.2, 0.25) is 5.91 Å². The Kier molecular flexibility index (Phi) is 4.61. The summed E-state index contributed by atoms with van der Waals surface area (Å²) in [6.07, 6.45) is 0.715. The third-order valence-electron chi connectivity index (χ3n) is 2.23. The molecule has 0 aliphatic carbocycles. The molecule has 1 rings (SSSR count). The second-order valence-corrected chi connectivity index (χ2v) is 3.35. The number of nitrogen functional groups attached to an aromatic ring is 1. The van der Waals surface area contributed by atoms with Crippen molar-refractivity contribution in [1.82, 2.24) is 9.97 Å². The molecule has 0 aromatic carbocycles. The van der Waals surface area contributed by atoms with Crippen LogP contribution in [0.4, 0.5) is 11.6 Å². The molecule has 1 aromatic rings. The molecule has 0 spiro atoms. The molecule has 8 nitrogen and oxygen atoms in total. The van der Waals surface area contributed by atoms with Crippen LogP contribution in [0.3, 0.4) is 0 Å². The number of amides is 1. The molecule has 1 atom stereocenters. The van der Waals surface area contributed by atoms with Gasteiger partial charge in [0.05, 0.1) is 6.54 Å². The van der Waals surface area contributed by atoms with Crippen LogP contribution in [0.25, 0.3) is 0 Å². The van der Waals surface area contributed by atoms with E-state index in [1.807, 2.05) is 6.92 Å². The average Bonchev–Trinajstić information content (AvgIpc) is 2.34. The van der Waals surface area contributed by atoms with Crippen LogP contribution in [0.1, 0.15) is 12.5 Å². The number of aliphatic hydroxyl groups is 1. The van der Waals surface area contributed by atoms with Crippen molar-refractivity contribution in [2.75, 3.05) is 17.3 Å². The third kappa shape index (κ3) is 3.26. The van der Waals surface area contributed by atoms with Crippen molar-refractivity contribution in [2.24, 2.45) is 11.6 Å². The summed E-state index contributed by atoms with van der Waals surface area (Å²) in [6.45, 7) is 1.90. The summed E-state index contributed by atoms with van der Waals surface area (Å²) in [5.74, 6) is 5.53. The number of nitrogens with two attached hydrogens (primary N) is 2. The predicted octanol–water partition coefficient (Wildman–Crippen LogP) is -1.42. The fourth-order valence-electron chi connectivity index (χ4n) is 1.32. The van der Waals surface area contributed by atoms with Gasteiger partial charge in [0, 0.05) is 5.56 Å². The van der Waals surface area contributed by atoms with E-state index in [1.54, 1.807) is 0 Å². The van der Waals surface area contributed by atoms with Crippen LogP contribution < -0.4 is 22.3 Å². The smallest absolute Gasteiger partial charge is 0.248 e. The van der Waals surface area contributed by atoms with Crippen LogP contribution in [0.15, 0.2) is 6.33 Å². The first kappa shape index (κ1) is 13.1. The summed E-state index contributed by atoms with van der Waals surface area (Å²) in [6, 6.07) is 0. The largest absolute Gasteiger partial charge is 0.381 e. The topological polar surface area (TPSA) is 139 Å². The molecular formula is C9H16N6O2. The lowest BCUT2D eigenvalue weighted by atomic mass is 10.2. The lowest BCUT2D eigenvalue weighted by Gasteiger charge is -2.13.